The number of imidazole rings is 1. The molecule has 1 amide bonds. The van der Waals surface area contributed by atoms with Gasteiger partial charge in [0.15, 0.2) is 5.65 Å². The summed E-state index contributed by atoms with van der Waals surface area (Å²) in [6, 6.07) is 12.1. The molecule has 1 fully saturated rings. The van der Waals surface area contributed by atoms with Gasteiger partial charge in [-0.25, -0.2) is 9.97 Å². The van der Waals surface area contributed by atoms with Crippen molar-refractivity contribution < 1.29 is 4.79 Å². The molecule has 1 saturated heterocycles. The van der Waals surface area contributed by atoms with Crippen molar-refractivity contribution in [3.63, 3.8) is 0 Å². The van der Waals surface area contributed by atoms with E-state index in [-0.39, 0.29) is 5.91 Å². The van der Waals surface area contributed by atoms with Gasteiger partial charge >= 0.3 is 0 Å². The van der Waals surface area contributed by atoms with E-state index in [1.165, 1.54) is 0 Å². The lowest BCUT2D eigenvalue weighted by Crippen LogP contribution is -2.29. The average Bonchev–Trinajstić information content (AvgIpc) is 3.26. The number of nitrogens with zero attached hydrogens (tertiary/aromatic N) is 4. The van der Waals surface area contributed by atoms with Crippen LogP contribution in [-0.2, 0) is 6.42 Å². The SMILES string of the molecule is Cc1ccccc1C(=O)N1CCC(Cc2nc3cccnc3n2C(C)C)C1. The zero-order valence-electron chi connectivity index (χ0n) is 16.2. The predicted octanol–water partition coefficient (Wildman–Crippen LogP) is 4.03. The van der Waals surface area contributed by atoms with Crippen molar-refractivity contribution in [2.75, 3.05) is 13.1 Å². The fraction of sp³-hybridized carbons (Fsp3) is 0.409. The van der Waals surface area contributed by atoms with Gasteiger partial charge < -0.3 is 9.47 Å². The quantitative estimate of drug-likeness (QED) is 0.704. The van der Waals surface area contributed by atoms with E-state index in [2.05, 4.69) is 23.4 Å². The van der Waals surface area contributed by atoms with Gasteiger partial charge in [-0.2, -0.15) is 0 Å². The number of carbonyl (C=O) groups is 1. The zero-order chi connectivity index (χ0) is 19.0. The number of aromatic nitrogens is 3. The van der Waals surface area contributed by atoms with E-state index < -0.39 is 0 Å². The first-order chi connectivity index (χ1) is 13.0. The van der Waals surface area contributed by atoms with Crippen LogP contribution in [-0.4, -0.2) is 38.4 Å². The van der Waals surface area contributed by atoms with Crippen LogP contribution in [0.5, 0.6) is 0 Å². The molecule has 0 N–H and O–H groups in total. The first kappa shape index (κ1) is 17.7. The van der Waals surface area contributed by atoms with E-state index in [0.717, 1.165) is 54.0 Å². The Balaban J connectivity index is 1.52. The minimum absolute atomic E-state index is 0.148. The molecule has 0 spiro atoms. The van der Waals surface area contributed by atoms with Crippen molar-refractivity contribution in [3.8, 4) is 0 Å². The van der Waals surface area contributed by atoms with Gasteiger partial charge in [0, 0.05) is 37.3 Å². The summed E-state index contributed by atoms with van der Waals surface area (Å²) in [5.74, 6) is 1.66. The first-order valence-electron chi connectivity index (χ1n) is 9.71. The average molecular weight is 362 g/mol. The summed E-state index contributed by atoms with van der Waals surface area (Å²) in [6.07, 6.45) is 3.73. The monoisotopic (exact) mass is 362 g/mol. The lowest BCUT2D eigenvalue weighted by Gasteiger charge is -2.18. The van der Waals surface area contributed by atoms with E-state index in [0.29, 0.717) is 12.0 Å². The minimum atomic E-state index is 0.148. The molecule has 0 bridgehead atoms. The Labute approximate surface area is 160 Å². The van der Waals surface area contributed by atoms with Crippen LogP contribution in [0.15, 0.2) is 42.6 Å². The van der Waals surface area contributed by atoms with Gasteiger partial charge in [0.25, 0.3) is 5.91 Å². The van der Waals surface area contributed by atoms with Crippen molar-refractivity contribution in [3.05, 3.63) is 59.5 Å². The van der Waals surface area contributed by atoms with Crippen molar-refractivity contribution in [1.29, 1.82) is 0 Å². The molecule has 5 nitrogen and oxygen atoms in total. The number of pyridine rings is 1. The smallest absolute Gasteiger partial charge is 0.254 e. The van der Waals surface area contributed by atoms with Gasteiger partial charge in [-0.3, -0.25) is 4.79 Å². The Morgan fingerprint density at radius 1 is 1.22 bits per heavy atom. The summed E-state index contributed by atoms with van der Waals surface area (Å²) in [7, 11) is 0. The molecule has 1 aromatic carbocycles. The molecule has 3 aromatic rings. The van der Waals surface area contributed by atoms with E-state index in [9.17, 15) is 4.79 Å². The van der Waals surface area contributed by atoms with Gasteiger partial charge in [-0.05, 0) is 56.9 Å². The molecule has 1 aliphatic heterocycles. The van der Waals surface area contributed by atoms with Crippen LogP contribution in [0.4, 0.5) is 0 Å². The fourth-order valence-electron chi connectivity index (χ4n) is 4.09. The zero-order valence-corrected chi connectivity index (χ0v) is 16.2. The minimum Gasteiger partial charge on any atom is -0.338 e. The highest BCUT2D eigenvalue weighted by atomic mass is 16.2. The van der Waals surface area contributed by atoms with Gasteiger partial charge in [0.05, 0.1) is 0 Å². The fourth-order valence-corrected chi connectivity index (χ4v) is 4.09. The number of likely N-dealkylation sites (tertiary alicyclic amines) is 1. The van der Waals surface area contributed by atoms with E-state index in [1.807, 2.05) is 54.4 Å². The van der Waals surface area contributed by atoms with Crippen LogP contribution in [0.1, 0.15) is 48.1 Å². The normalized spacial score (nSPS) is 17.2. The van der Waals surface area contributed by atoms with Gasteiger partial charge in [0.1, 0.15) is 11.3 Å². The van der Waals surface area contributed by atoms with E-state index in [4.69, 9.17) is 4.98 Å². The summed E-state index contributed by atoms with van der Waals surface area (Å²) in [5, 5.41) is 0. The summed E-state index contributed by atoms with van der Waals surface area (Å²) in [5.41, 5.74) is 3.76. The molecular weight excluding hydrogens is 336 g/mol. The first-order valence-corrected chi connectivity index (χ1v) is 9.71. The third-order valence-corrected chi connectivity index (χ3v) is 5.46. The summed E-state index contributed by atoms with van der Waals surface area (Å²) in [4.78, 5) is 24.2. The van der Waals surface area contributed by atoms with Crippen LogP contribution in [0.2, 0.25) is 0 Å². The molecule has 0 radical (unpaired) electrons. The Hall–Kier alpha value is -2.69. The third kappa shape index (κ3) is 3.34. The second-order valence-electron chi connectivity index (χ2n) is 7.76. The van der Waals surface area contributed by atoms with E-state index >= 15 is 0 Å². The lowest BCUT2D eigenvalue weighted by atomic mass is 10.0. The number of fused-ring (bicyclic) bond motifs is 1. The molecule has 3 heterocycles. The van der Waals surface area contributed by atoms with Crippen LogP contribution in [0, 0.1) is 12.8 Å². The van der Waals surface area contributed by atoms with Crippen molar-refractivity contribution in [1.82, 2.24) is 19.4 Å². The number of hydrogen-bond acceptors (Lipinski definition) is 3. The second kappa shape index (κ2) is 7.14. The third-order valence-electron chi connectivity index (χ3n) is 5.46. The Morgan fingerprint density at radius 3 is 2.81 bits per heavy atom. The number of benzene rings is 1. The number of amides is 1. The maximum atomic E-state index is 12.9. The molecule has 0 aliphatic carbocycles. The Morgan fingerprint density at radius 2 is 2.04 bits per heavy atom. The summed E-state index contributed by atoms with van der Waals surface area (Å²) < 4.78 is 2.24. The van der Waals surface area contributed by atoms with Crippen molar-refractivity contribution >= 4 is 17.1 Å². The number of aryl methyl sites for hydroxylation is 1. The van der Waals surface area contributed by atoms with Crippen LogP contribution < -0.4 is 0 Å². The van der Waals surface area contributed by atoms with Crippen LogP contribution in [0.3, 0.4) is 0 Å². The predicted molar refractivity (Wildman–Crippen MR) is 107 cm³/mol. The van der Waals surface area contributed by atoms with Crippen LogP contribution >= 0.6 is 0 Å². The van der Waals surface area contributed by atoms with Gasteiger partial charge in [-0.1, -0.05) is 18.2 Å². The van der Waals surface area contributed by atoms with Crippen LogP contribution in [0.25, 0.3) is 11.2 Å². The molecule has 1 aliphatic rings. The molecule has 27 heavy (non-hydrogen) atoms. The van der Waals surface area contributed by atoms with Crippen molar-refractivity contribution in [2.24, 2.45) is 5.92 Å². The maximum absolute atomic E-state index is 12.9. The number of rotatable bonds is 4. The maximum Gasteiger partial charge on any atom is 0.254 e. The highest BCUT2D eigenvalue weighted by molar-refractivity contribution is 5.95. The molecule has 140 valence electrons. The molecule has 1 atom stereocenters. The summed E-state index contributed by atoms with van der Waals surface area (Å²) >= 11 is 0. The van der Waals surface area contributed by atoms with Crippen molar-refractivity contribution in [2.45, 2.75) is 39.7 Å². The molecule has 1 unspecified atom stereocenters. The standard InChI is InChI=1S/C22H26N4O/c1-15(2)26-20(24-19-9-6-11-23-21(19)26)13-17-10-12-25(14-17)22(27)18-8-5-4-7-16(18)3/h4-9,11,15,17H,10,12-14H2,1-3H3. The molecule has 4 rings (SSSR count). The lowest BCUT2D eigenvalue weighted by molar-refractivity contribution is 0.0786. The molecule has 2 aromatic heterocycles. The highest BCUT2D eigenvalue weighted by Crippen LogP contribution is 2.26. The second-order valence-corrected chi connectivity index (χ2v) is 7.76. The summed E-state index contributed by atoms with van der Waals surface area (Å²) in [6.45, 7) is 7.95. The Bertz CT molecular complexity index is 975. The molecule has 5 heteroatoms. The topological polar surface area (TPSA) is 51.0 Å². The number of hydrogen-bond donors (Lipinski definition) is 0. The van der Waals surface area contributed by atoms with E-state index in [1.54, 1.807) is 0 Å². The molecular formula is C22H26N4O. The largest absolute Gasteiger partial charge is 0.338 e. The Kier molecular flexibility index (Phi) is 4.68. The highest BCUT2D eigenvalue weighted by Gasteiger charge is 2.29. The number of carbonyl (C=O) groups excluding carboxylic acids is 1. The van der Waals surface area contributed by atoms with Gasteiger partial charge in [-0.15, -0.1) is 0 Å². The van der Waals surface area contributed by atoms with Gasteiger partial charge in [0.2, 0.25) is 0 Å². The molecule has 0 saturated carbocycles.